The van der Waals surface area contributed by atoms with Gasteiger partial charge in [0.25, 0.3) is 0 Å². The SMILES string of the molecule is Cc1cccc2c1NCC2C1CCC(C)(C)CC1. The van der Waals surface area contributed by atoms with E-state index in [2.05, 4.69) is 44.3 Å². The van der Waals surface area contributed by atoms with Crippen LogP contribution < -0.4 is 5.32 Å². The number of hydrogen-bond donors (Lipinski definition) is 1. The molecule has 0 aromatic heterocycles. The summed E-state index contributed by atoms with van der Waals surface area (Å²) in [6, 6.07) is 6.78. The molecule has 3 rings (SSSR count). The van der Waals surface area contributed by atoms with Crippen LogP contribution in [0.3, 0.4) is 0 Å². The largest absolute Gasteiger partial charge is 0.384 e. The predicted octanol–water partition coefficient (Wildman–Crippen LogP) is 4.72. The first kappa shape index (κ1) is 12.1. The summed E-state index contributed by atoms with van der Waals surface area (Å²) in [6.45, 7) is 8.23. The van der Waals surface area contributed by atoms with Gasteiger partial charge in [-0.2, -0.15) is 0 Å². The zero-order valence-corrected chi connectivity index (χ0v) is 11.9. The second-order valence-corrected chi connectivity index (χ2v) is 7.03. The Morgan fingerprint density at radius 3 is 2.61 bits per heavy atom. The maximum atomic E-state index is 3.64. The van der Waals surface area contributed by atoms with Crippen molar-refractivity contribution < 1.29 is 0 Å². The molecule has 1 aliphatic carbocycles. The summed E-state index contributed by atoms with van der Waals surface area (Å²) in [5.41, 5.74) is 5.00. The van der Waals surface area contributed by atoms with Gasteiger partial charge in [-0.1, -0.05) is 32.0 Å². The highest BCUT2D eigenvalue weighted by molar-refractivity contribution is 5.62. The topological polar surface area (TPSA) is 12.0 Å². The third kappa shape index (κ3) is 2.04. The van der Waals surface area contributed by atoms with Crippen LogP contribution in [0.25, 0.3) is 0 Å². The summed E-state index contributed by atoms with van der Waals surface area (Å²) in [4.78, 5) is 0. The third-order valence-corrected chi connectivity index (χ3v) is 5.16. The van der Waals surface area contributed by atoms with E-state index in [-0.39, 0.29) is 0 Å². The van der Waals surface area contributed by atoms with Crippen molar-refractivity contribution in [3.63, 3.8) is 0 Å². The molecule has 98 valence electrons. The number of hydrogen-bond acceptors (Lipinski definition) is 1. The van der Waals surface area contributed by atoms with E-state index in [1.807, 2.05) is 0 Å². The molecule has 0 amide bonds. The fraction of sp³-hybridized carbons (Fsp3) is 0.647. The summed E-state index contributed by atoms with van der Waals surface area (Å²) >= 11 is 0. The molecule has 0 radical (unpaired) electrons. The molecule has 1 aliphatic heterocycles. The van der Waals surface area contributed by atoms with Gasteiger partial charge in [0.15, 0.2) is 0 Å². The molecular formula is C17H25N. The Hall–Kier alpha value is -0.980. The summed E-state index contributed by atoms with van der Waals surface area (Å²) in [6.07, 6.45) is 5.62. The van der Waals surface area contributed by atoms with Gasteiger partial charge in [-0.05, 0) is 55.1 Å². The average molecular weight is 243 g/mol. The van der Waals surface area contributed by atoms with Crippen LogP contribution in [0.4, 0.5) is 5.69 Å². The fourth-order valence-corrected chi connectivity index (χ4v) is 3.81. The molecule has 1 aromatic carbocycles. The maximum absolute atomic E-state index is 3.64. The third-order valence-electron chi connectivity index (χ3n) is 5.16. The number of para-hydroxylation sites is 1. The van der Waals surface area contributed by atoms with E-state index in [1.165, 1.54) is 36.9 Å². The molecule has 0 bridgehead atoms. The maximum Gasteiger partial charge on any atom is 0.0406 e. The lowest BCUT2D eigenvalue weighted by Gasteiger charge is -2.37. The molecule has 0 saturated heterocycles. The second kappa shape index (κ2) is 4.29. The van der Waals surface area contributed by atoms with Crippen LogP contribution in [0, 0.1) is 18.3 Å². The van der Waals surface area contributed by atoms with Crippen molar-refractivity contribution in [2.24, 2.45) is 11.3 Å². The Labute approximate surface area is 111 Å². The number of nitrogens with one attached hydrogen (secondary N) is 1. The highest BCUT2D eigenvalue weighted by atomic mass is 14.9. The van der Waals surface area contributed by atoms with Crippen molar-refractivity contribution in [3.8, 4) is 0 Å². The van der Waals surface area contributed by atoms with Crippen LogP contribution in [0.5, 0.6) is 0 Å². The molecule has 0 spiro atoms. The highest BCUT2D eigenvalue weighted by Crippen LogP contribution is 2.47. The number of rotatable bonds is 1. The van der Waals surface area contributed by atoms with Crippen molar-refractivity contribution in [1.82, 2.24) is 0 Å². The first-order valence-corrected chi connectivity index (χ1v) is 7.40. The van der Waals surface area contributed by atoms with Crippen LogP contribution in [0.15, 0.2) is 18.2 Å². The van der Waals surface area contributed by atoms with Crippen LogP contribution >= 0.6 is 0 Å². The molecule has 1 heterocycles. The average Bonchev–Trinajstić information content (AvgIpc) is 2.74. The normalized spacial score (nSPS) is 26.7. The Morgan fingerprint density at radius 2 is 1.89 bits per heavy atom. The first-order chi connectivity index (χ1) is 8.57. The fourth-order valence-electron chi connectivity index (χ4n) is 3.81. The molecule has 1 nitrogen and oxygen atoms in total. The van der Waals surface area contributed by atoms with E-state index in [0.717, 1.165) is 18.4 Å². The second-order valence-electron chi connectivity index (χ2n) is 7.03. The summed E-state index contributed by atoms with van der Waals surface area (Å²) < 4.78 is 0. The zero-order valence-electron chi connectivity index (χ0n) is 11.9. The number of benzene rings is 1. The molecule has 1 unspecified atom stereocenters. The van der Waals surface area contributed by atoms with Gasteiger partial charge in [-0.15, -0.1) is 0 Å². The van der Waals surface area contributed by atoms with Gasteiger partial charge >= 0.3 is 0 Å². The molecule has 1 heteroatoms. The number of fused-ring (bicyclic) bond motifs is 1. The Bertz CT molecular complexity index is 437. The monoisotopic (exact) mass is 243 g/mol. The van der Waals surface area contributed by atoms with Gasteiger partial charge < -0.3 is 5.32 Å². The van der Waals surface area contributed by atoms with Crippen molar-refractivity contribution in [3.05, 3.63) is 29.3 Å². The summed E-state index contributed by atoms with van der Waals surface area (Å²) in [5, 5.41) is 3.64. The molecule has 1 N–H and O–H groups in total. The standard InChI is InChI=1S/C17H25N/c1-12-5-4-6-14-15(11-18-16(12)14)13-7-9-17(2,3)10-8-13/h4-6,13,15,18H,7-11H2,1-3H3. The van der Waals surface area contributed by atoms with Crippen molar-refractivity contribution in [1.29, 1.82) is 0 Å². The Balaban J connectivity index is 1.79. The van der Waals surface area contributed by atoms with Gasteiger partial charge in [0.1, 0.15) is 0 Å². The first-order valence-electron chi connectivity index (χ1n) is 7.40. The molecule has 2 aliphatic rings. The van der Waals surface area contributed by atoms with Crippen molar-refractivity contribution in [2.75, 3.05) is 11.9 Å². The van der Waals surface area contributed by atoms with E-state index in [1.54, 1.807) is 5.56 Å². The summed E-state index contributed by atoms with van der Waals surface area (Å²) in [5.74, 6) is 1.66. The lowest BCUT2D eigenvalue weighted by Crippen LogP contribution is -2.25. The number of anilines is 1. The van der Waals surface area contributed by atoms with Gasteiger partial charge in [0.2, 0.25) is 0 Å². The minimum atomic E-state index is 0.581. The summed E-state index contributed by atoms with van der Waals surface area (Å²) in [7, 11) is 0. The van der Waals surface area contributed by atoms with Crippen LogP contribution in [0.1, 0.15) is 56.6 Å². The lowest BCUT2D eigenvalue weighted by molar-refractivity contribution is 0.176. The minimum absolute atomic E-state index is 0.581. The smallest absolute Gasteiger partial charge is 0.0406 e. The van der Waals surface area contributed by atoms with Gasteiger partial charge in [0, 0.05) is 18.2 Å². The van der Waals surface area contributed by atoms with Crippen LogP contribution in [-0.2, 0) is 0 Å². The highest BCUT2D eigenvalue weighted by Gasteiger charge is 2.35. The van der Waals surface area contributed by atoms with Crippen LogP contribution in [0.2, 0.25) is 0 Å². The molecule has 1 aromatic rings. The quantitative estimate of drug-likeness (QED) is 0.752. The van der Waals surface area contributed by atoms with E-state index in [0.29, 0.717) is 5.41 Å². The molecule has 18 heavy (non-hydrogen) atoms. The molecule has 1 fully saturated rings. The molecular weight excluding hydrogens is 218 g/mol. The Kier molecular flexibility index (Phi) is 2.88. The lowest BCUT2D eigenvalue weighted by atomic mass is 9.68. The minimum Gasteiger partial charge on any atom is -0.384 e. The van der Waals surface area contributed by atoms with E-state index < -0.39 is 0 Å². The van der Waals surface area contributed by atoms with Gasteiger partial charge in [-0.3, -0.25) is 0 Å². The predicted molar refractivity (Wildman–Crippen MR) is 78.1 cm³/mol. The van der Waals surface area contributed by atoms with Crippen molar-refractivity contribution in [2.45, 2.75) is 52.4 Å². The van der Waals surface area contributed by atoms with Crippen molar-refractivity contribution >= 4 is 5.69 Å². The van der Waals surface area contributed by atoms with Crippen LogP contribution in [-0.4, -0.2) is 6.54 Å². The van der Waals surface area contributed by atoms with E-state index in [9.17, 15) is 0 Å². The number of aryl methyl sites for hydroxylation is 1. The Morgan fingerprint density at radius 1 is 1.17 bits per heavy atom. The van der Waals surface area contributed by atoms with Gasteiger partial charge in [0.05, 0.1) is 0 Å². The zero-order chi connectivity index (χ0) is 12.8. The van der Waals surface area contributed by atoms with E-state index in [4.69, 9.17) is 0 Å². The molecule has 1 atom stereocenters. The van der Waals surface area contributed by atoms with E-state index >= 15 is 0 Å². The molecule has 1 saturated carbocycles. The van der Waals surface area contributed by atoms with Gasteiger partial charge in [-0.25, -0.2) is 0 Å².